The smallest absolute Gasteiger partial charge is 0.338 e. The lowest BCUT2D eigenvalue weighted by molar-refractivity contribution is 0.0691. The molecular weight excluding hydrogens is 361 g/mol. The molecule has 1 aromatic carbocycles. The molecule has 1 N–H and O–H groups in total. The van der Waals surface area contributed by atoms with Crippen molar-refractivity contribution in [3.63, 3.8) is 0 Å². The van der Waals surface area contributed by atoms with Crippen LogP contribution < -0.4 is 0 Å². The third kappa shape index (κ3) is 2.81. The van der Waals surface area contributed by atoms with E-state index in [1.807, 2.05) is 0 Å². The summed E-state index contributed by atoms with van der Waals surface area (Å²) in [5.74, 6) is -2.25. The van der Waals surface area contributed by atoms with Crippen molar-refractivity contribution in [2.45, 2.75) is 23.8 Å². The van der Waals surface area contributed by atoms with Gasteiger partial charge in [-0.1, -0.05) is 11.6 Å². The minimum atomic E-state index is -4.05. The van der Waals surface area contributed by atoms with Crippen LogP contribution in [-0.4, -0.2) is 30.3 Å². The molecule has 0 saturated carbocycles. The second-order valence-electron chi connectivity index (χ2n) is 5.36. The molecule has 9 heteroatoms. The quantitative estimate of drug-likeness (QED) is 0.888. The zero-order chi connectivity index (χ0) is 17.5. The van der Waals surface area contributed by atoms with Crippen LogP contribution in [0.15, 0.2) is 39.8 Å². The molecule has 0 aliphatic carbocycles. The normalized spacial score (nSPS) is 18.8. The van der Waals surface area contributed by atoms with Crippen LogP contribution in [0.2, 0.25) is 5.02 Å². The average molecular weight is 374 g/mol. The van der Waals surface area contributed by atoms with Gasteiger partial charge >= 0.3 is 5.97 Å². The number of sulfonamides is 1. The van der Waals surface area contributed by atoms with Gasteiger partial charge in [0.05, 0.1) is 27.8 Å². The van der Waals surface area contributed by atoms with Crippen molar-refractivity contribution >= 4 is 27.6 Å². The van der Waals surface area contributed by atoms with Gasteiger partial charge in [0, 0.05) is 6.54 Å². The van der Waals surface area contributed by atoms with E-state index in [0.29, 0.717) is 18.6 Å². The van der Waals surface area contributed by atoms with E-state index in [4.69, 9.17) is 21.1 Å². The second kappa shape index (κ2) is 6.19. The maximum atomic E-state index is 13.8. The Balaban J connectivity index is 2.06. The third-order valence-electron chi connectivity index (χ3n) is 3.91. The minimum Gasteiger partial charge on any atom is -0.478 e. The SMILES string of the molecule is O=C(O)c1cc(S(=O)(=O)N2CCCC2c2ccco2)cc(Cl)c1F. The Bertz CT molecular complexity index is 882. The molecule has 0 amide bonds. The van der Waals surface area contributed by atoms with Crippen molar-refractivity contribution in [1.29, 1.82) is 0 Å². The van der Waals surface area contributed by atoms with E-state index in [-0.39, 0.29) is 11.4 Å². The monoisotopic (exact) mass is 373 g/mol. The molecule has 0 radical (unpaired) electrons. The number of carboxylic acid groups (broad SMARTS) is 1. The van der Waals surface area contributed by atoms with E-state index in [9.17, 15) is 17.6 Å². The van der Waals surface area contributed by atoms with Crippen LogP contribution in [0.4, 0.5) is 4.39 Å². The molecule has 1 unspecified atom stereocenters. The molecule has 24 heavy (non-hydrogen) atoms. The minimum absolute atomic E-state index is 0.255. The molecule has 1 atom stereocenters. The van der Waals surface area contributed by atoms with Gasteiger partial charge in [-0.05, 0) is 37.1 Å². The highest BCUT2D eigenvalue weighted by atomic mass is 35.5. The number of aromatic carboxylic acids is 1. The second-order valence-corrected chi connectivity index (χ2v) is 7.66. The molecule has 2 heterocycles. The molecule has 1 aromatic heterocycles. The fourth-order valence-corrected chi connectivity index (χ4v) is 4.80. The number of carboxylic acids is 1. The lowest BCUT2D eigenvalue weighted by atomic mass is 10.2. The van der Waals surface area contributed by atoms with Crippen molar-refractivity contribution in [1.82, 2.24) is 4.31 Å². The predicted octanol–water partition coefficient (Wildman–Crippen LogP) is 3.30. The van der Waals surface area contributed by atoms with Crippen LogP contribution in [0.3, 0.4) is 0 Å². The Morgan fingerprint density at radius 2 is 2.17 bits per heavy atom. The van der Waals surface area contributed by atoms with Gasteiger partial charge in [0.25, 0.3) is 0 Å². The summed E-state index contributed by atoms with van der Waals surface area (Å²) in [7, 11) is -4.05. The van der Waals surface area contributed by atoms with Gasteiger partial charge in [0.1, 0.15) is 5.76 Å². The highest BCUT2D eigenvalue weighted by Gasteiger charge is 2.38. The van der Waals surface area contributed by atoms with E-state index in [0.717, 1.165) is 12.1 Å². The molecular formula is C15H13ClFNO5S. The fourth-order valence-electron chi connectivity index (χ4n) is 2.80. The average Bonchev–Trinajstić information content (AvgIpc) is 3.19. The van der Waals surface area contributed by atoms with Crippen LogP contribution >= 0.6 is 11.6 Å². The molecule has 1 aliphatic heterocycles. The van der Waals surface area contributed by atoms with Gasteiger partial charge < -0.3 is 9.52 Å². The molecule has 0 bridgehead atoms. The number of hydrogen-bond acceptors (Lipinski definition) is 4. The number of nitrogens with zero attached hydrogens (tertiary/aromatic N) is 1. The molecule has 0 spiro atoms. The predicted molar refractivity (Wildman–Crippen MR) is 82.9 cm³/mol. The Labute approximate surface area is 142 Å². The van der Waals surface area contributed by atoms with Crippen LogP contribution in [0.5, 0.6) is 0 Å². The number of halogens is 2. The van der Waals surface area contributed by atoms with Gasteiger partial charge in [-0.2, -0.15) is 4.31 Å². The zero-order valence-corrected chi connectivity index (χ0v) is 13.8. The number of hydrogen-bond donors (Lipinski definition) is 1. The topological polar surface area (TPSA) is 87.8 Å². The lowest BCUT2D eigenvalue weighted by Gasteiger charge is -2.23. The standard InChI is InChI=1S/C15H13ClFNO5S/c16-11-8-9(7-10(14(11)17)15(19)20)24(21,22)18-5-1-3-12(18)13-4-2-6-23-13/h2,4,6-8,12H,1,3,5H2,(H,19,20). The maximum Gasteiger partial charge on any atom is 0.338 e. The molecule has 1 saturated heterocycles. The number of carbonyl (C=O) groups is 1. The highest BCUT2D eigenvalue weighted by Crippen LogP contribution is 2.37. The summed E-state index contributed by atoms with van der Waals surface area (Å²) in [6.07, 6.45) is 2.66. The Kier molecular flexibility index (Phi) is 4.37. The van der Waals surface area contributed by atoms with Gasteiger partial charge in [0.2, 0.25) is 10.0 Å². The van der Waals surface area contributed by atoms with E-state index < -0.39 is 38.4 Å². The van der Waals surface area contributed by atoms with Crippen molar-refractivity contribution in [3.05, 3.63) is 52.7 Å². The number of rotatable bonds is 4. The maximum absolute atomic E-state index is 13.8. The number of benzene rings is 1. The van der Waals surface area contributed by atoms with Crippen LogP contribution in [-0.2, 0) is 10.0 Å². The van der Waals surface area contributed by atoms with Crippen LogP contribution in [0.25, 0.3) is 0 Å². The summed E-state index contributed by atoms with van der Waals surface area (Å²) in [4.78, 5) is 10.7. The fraction of sp³-hybridized carbons (Fsp3) is 0.267. The van der Waals surface area contributed by atoms with E-state index in [2.05, 4.69) is 0 Å². The zero-order valence-electron chi connectivity index (χ0n) is 12.3. The first kappa shape index (κ1) is 16.9. The molecule has 2 aromatic rings. The summed E-state index contributed by atoms with van der Waals surface area (Å²) in [6, 6.07) is 4.57. The van der Waals surface area contributed by atoms with Crippen molar-refractivity contribution in [3.8, 4) is 0 Å². The Morgan fingerprint density at radius 1 is 1.42 bits per heavy atom. The van der Waals surface area contributed by atoms with Gasteiger partial charge in [0.15, 0.2) is 5.82 Å². The Hall–Kier alpha value is -1.90. The van der Waals surface area contributed by atoms with Crippen molar-refractivity contribution in [2.75, 3.05) is 6.54 Å². The van der Waals surface area contributed by atoms with E-state index >= 15 is 0 Å². The summed E-state index contributed by atoms with van der Waals surface area (Å²) >= 11 is 5.67. The molecule has 1 fully saturated rings. The van der Waals surface area contributed by atoms with Gasteiger partial charge in [-0.25, -0.2) is 17.6 Å². The van der Waals surface area contributed by atoms with E-state index in [1.165, 1.54) is 10.6 Å². The van der Waals surface area contributed by atoms with Gasteiger partial charge in [-0.15, -0.1) is 0 Å². The first-order chi connectivity index (χ1) is 11.3. The lowest BCUT2D eigenvalue weighted by Crippen LogP contribution is -2.30. The summed E-state index contributed by atoms with van der Waals surface area (Å²) in [5.41, 5.74) is -0.783. The summed E-state index contributed by atoms with van der Waals surface area (Å²) < 4.78 is 46.1. The summed E-state index contributed by atoms with van der Waals surface area (Å²) in [6.45, 7) is 0.255. The van der Waals surface area contributed by atoms with E-state index in [1.54, 1.807) is 12.1 Å². The first-order valence-electron chi connectivity index (χ1n) is 7.10. The largest absolute Gasteiger partial charge is 0.478 e. The van der Waals surface area contributed by atoms with Crippen molar-refractivity contribution < 1.29 is 27.1 Å². The highest BCUT2D eigenvalue weighted by molar-refractivity contribution is 7.89. The van der Waals surface area contributed by atoms with Crippen LogP contribution in [0, 0.1) is 5.82 Å². The first-order valence-corrected chi connectivity index (χ1v) is 8.91. The molecule has 6 nitrogen and oxygen atoms in total. The van der Waals surface area contributed by atoms with Crippen molar-refractivity contribution in [2.24, 2.45) is 0 Å². The number of furan rings is 1. The van der Waals surface area contributed by atoms with Gasteiger partial charge in [-0.3, -0.25) is 0 Å². The molecule has 1 aliphatic rings. The van der Waals surface area contributed by atoms with Crippen LogP contribution in [0.1, 0.15) is 35.0 Å². The Morgan fingerprint density at radius 3 is 2.79 bits per heavy atom. The molecule has 128 valence electrons. The third-order valence-corrected chi connectivity index (χ3v) is 6.07. The summed E-state index contributed by atoms with van der Waals surface area (Å²) in [5, 5.41) is 8.47. The molecule has 3 rings (SSSR count).